The zero-order chi connectivity index (χ0) is 29.6. The minimum atomic E-state index is -2.14. The quantitative estimate of drug-likeness (QED) is 0.194. The Balaban J connectivity index is 0.00000387. The van der Waals surface area contributed by atoms with Crippen molar-refractivity contribution in [3.8, 4) is 0 Å². The van der Waals surface area contributed by atoms with Crippen LogP contribution in [0.25, 0.3) is 0 Å². The molecule has 13 heteroatoms. The van der Waals surface area contributed by atoms with Crippen LogP contribution in [0.1, 0.15) is 46.5 Å². The third-order valence-corrected chi connectivity index (χ3v) is 10.8. The minimum Gasteiger partial charge on any atom is -0.547 e. The number of Topliss-reactive ketones (excluding diaryl/α,β-unsaturated/α-hetero) is 1. The van der Waals surface area contributed by atoms with Gasteiger partial charge in [0.15, 0.2) is 23.5 Å². The third kappa shape index (κ3) is 4.40. The summed E-state index contributed by atoms with van der Waals surface area (Å²) in [5, 5.41) is 64.7. The van der Waals surface area contributed by atoms with Crippen molar-refractivity contribution in [2.75, 3.05) is 6.61 Å². The van der Waals surface area contributed by atoms with Crippen molar-refractivity contribution in [3.63, 3.8) is 0 Å². The summed E-state index contributed by atoms with van der Waals surface area (Å²) in [4.78, 5) is 36.9. The Labute approximate surface area is 258 Å². The van der Waals surface area contributed by atoms with Gasteiger partial charge in [-0.05, 0) is 56.6 Å². The zero-order valence-electron chi connectivity index (χ0n) is 23.5. The molecular formula is C28H36FNaO11. The first-order chi connectivity index (χ1) is 18.5. The van der Waals surface area contributed by atoms with E-state index in [4.69, 9.17) is 9.47 Å². The molecule has 41 heavy (non-hydrogen) atoms. The number of allylic oxidation sites excluding steroid dienone is 4. The second-order valence-electron chi connectivity index (χ2n) is 12.6. The molecule has 5 N–H and O–H groups in total. The first-order valence-electron chi connectivity index (χ1n) is 13.6. The topological polar surface area (TPSA) is 194 Å². The molecule has 1 saturated heterocycles. The van der Waals surface area contributed by atoms with Gasteiger partial charge in [-0.25, -0.2) is 4.39 Å². The number of hydrogen-bond donors (Lipinski definition) is 5. The Hall–Kier alpha value is -1.06. The van der Waals surface area contributed by atoms with Gasteiger partial charge in [-0.1, -0.05) is 25.5 Å². The van der Waals surface area contributed by atoms with E-state index in [0.717, 1.165) is 0 Å². The predicted molar refractivity (Wildman–Crippen MR) is 130 cm³/mol. The summed E-state index contributed by atoms with van der Waals surface area (Å²) in [6.45, 7) is 4.11. The molecule has 5 rings (SSSR count). The molecule has 0 amide bonds. The van der Waals surface area contributed by atoms with Gasteiger partial charge in [-0.2, -0.15) is 0 Å². The Morgan fingerprint density at radius 2 is 1.80 bits per heavy atom. The van der Waals surface area contributed by atoms with Crippen LogP contribution < -0.4 is 34.7 Å². The number of carboxylic acids is 1. The van der Waals surface area contributed by atoms with Crippen LogP contribution in [0.4, 0.5) is 4.39 Å². The second-order valence-corrected chi connectivity index (χ2v) is 12.6. The molecule has 4 fully saturated rings. The smallest absolute Gasteiger partial charge is 0.547 e. The Kier molecular flexibility index (Phi) is 8.68. The fraction of sp³-hybridized carbons (Fsp3) is 0.750. The van der Waals surface area contributed by atoms with Crippen LogP contribution in [-0.2, 0) is 23.9 Å². The van der Waals surface area contributed by atoms with Crippen molar-refractivity contribution in [1.29, 1.82) is 0 Å². The van der Waals surface area contributed by atoms with Gasteiger partial charge in [0.2, 0.25) is 0 Å². The molecule has 1 unspecified atom stereocenters. The van der Waals surface area contributed by atoms with E-state index in [-0.39, 0.29) is 48.2 Å². The van der Waals surface area contributed by atoms with Gasteiger partial charge in [0.25, 0.3) is 0 Å². The van der Waals surface area contributed by atoms with Gasteiger partial charge in [-0.3, -0.25) is 9.59 Å². The molecule has 5 aliphatic rings. The standard InChI is InChI=1S/C28H37FO11.Na/c1-12-8-16-15-5-4-13-9-14(30)6-7-25(13,2)27(15,29)17(31)10-26(16,3)28(12,38)18(32)11-39-24-21(35)19(33)20(34)22(40-24)23(36)37;/h6-7,9,12,15-17,19-22,24,31,33-35,38H,4-5,8,10-11H2,1-3H3,(H,36,37);/q;+1/p-1/t12-,15+,16+,17+,19+,20+,21-,22+,24-,25?,26+,27+,28+;/m1./s1. The van der Waals surface area contributed by atoms with E-state index >= 15 is 4.39 Å². The molecule has 0 radical (unpaired) electrons. The van der Waals surface area contributed by atoms with Crippen LogP contribution in [0.5, 0.6) is 0 Å². The van der Waals surface area contributed by atoms with Crippen molar-refractivity contribution >= 4 is 17.5 Å². The molecule has 4 aliphatic carbocycles. The maximum Gasteiger partial charge on any atom is 1.00 e. The number of aliphatic hydroxyl groups is 5. The van der Waals surface area contributed by atoms with Gasteiger partial charge in [0, 0.05) is 16.7 Å². The van der Waals surface area contributed by atoms with Crippen molar-refractivity contribution in [1.82, 2.24) is 0 Å². The number of aliphatic hydroxyl groups excluding tert-OH is 4. The Morgan fingerprint density at radius 3 is 2.44 bits per heavy atom. The van der Waals surface area contributed by atoms with Crippen molar-refractivity contribution in [2.45, 2.75) is 94.5 Å². The fourth-order valence-electron chi connectivity index (χ4n) is 8.59. The first-order valence-corrected chi connectivity index (χ1v) is 13.6. The molecule has 1 aliphatic heterocycles. The van der Waals surface area contributed by atoms with Crippen LogP contribution >= 0.6 is 0 Å². The van der Waals surface area contributed by atoms with E-state index < -0.39 is 95.0 Å². The number of carbonyl (C=O) groups is 3. The minimum absolute atomic E-state index is 0. The second kappa shape index (κ2) is 10.8. The molecule has 11 nitrogen and oxygen atoms in total. The fourth-order valence-corrected chi connectivity index (χ4v) is 8.59. The summed E-state index contributed by atoms with van der Waals surface area (Å²) in [5.41, 5.74) is -6.11. The zero-order valence-corrected chi connectivity index (χ0v) is 25.5. The largest absolute Gasteiger partial charge is 1.00 e. The van der Waals surface area contributed by atoms with Crippen LogP contribution in [0.3, 0.4) is 0 Å². The van der Waals surface area contributed by atoms with Gasteiger partial charge in [-0.15, -0.1) is 0 Å². The third-order valence-electron chi connectivity index (χ3n) is 10.8. The van der Waals surface area contributed by atoms with Crippen LogP contribution in [-0.4, -0.2) is 97.8 Å². The number of fused-ring (bicyclic) bond motifs is 5. The average molecular weight is 591 g/mol. The van der Waals surface area contributed by atoms with Gasteiger partial charge in [0.1, 0.15) is 36.6 Å². The van der Waals surface area contributed by atoms with Crippen molar-refractivity contribution in [2.24, 2.45) is 28.6 Å². The number of ether oxygens (including phenoxy) is 2. The number of halogens is 1. The van der Waals surface area contributed by atoms with E-state index in [1.54, 1.807) is 20.8 Å². The summed E-state index contributed by atoms with van der Waals surface area (Å²) >= 11 is 0. The van der Waals surface area contributed by atoms with Gasteiger partial charge < -0.3 is 44.9 Å². The molecule has 1 heterocycles. The van der Waals surface area contributed by atoms with E-state index in [2.05, 4.69) is 0 Å². The number of alkyl halides is 1. The molecule has 0 bridgehead atoms. The number of ketones is 2. The van der Waals surface area contributed by atoms with Gasteiger partial charge in [0.05, 0.1) is 12.1 Å². The summed E-state index contributed by atoms with van der Waals surface area (Å²) in [5.74, 6) is -4.85. The molecule has 0 aromatic carbocycles. The molecule has 3 saturated carbocycles. The molecule has 0 spiro atoms. The van der Waals surface area contributed by atoms with E-state index in [0.29, 0.717) is 18.4 Å². The molecule has 0 aromatic rings. The van der Waals surface area contributed by atoms with Crippen LogP contribution in [0.2, 0.25) is 0 Å². The number of aliphatic carboxylic acids is 1. The number of hydrogen-bond acceptors (Lipinski definition) is 11. The summed E-state index contributed by atoms with van der Waals surface area (Å²) in [7, 11) is 0. The summed E-state index contributed by atoms with van der Waals surface area (Å²) < 4.78 is 27.6. The first kappa shape index (κ1) is 32.8. The summed E-state index contributed by atoms with van der Waals surface area (Å²) in [6.07, 6.45) is -6.26. The molecule has 222 valence electrons. The van der Waals surface area contributed by atoms with Crippen molar-refractivity contribution < 1.29 is 88.4 Å². The normalized spacial score (nSPS) is 50.6. The monoisotopic (exact) mass is 590 g/mol. The van der Waals surface area contributed by atoms with E-state index in [1.165, 1.54) is 18.2 Å². The van der Waals surface area contributed by atoms with E-state index in [9.17, 15) is 45.0 Å². The van der Waals surface area contributed by atoms with E-state index in [1.807, 2.05) is 0 Å². The average Bonchev–Trinajstić information content (AvgIpc) is 3.09. The number of rotatable bonds is 5. The van der Waals surface area contributed by atoms with Crippen LogP contribution in [0.15, 0.2) is 23.8 Å². The molecule has 13 atom stereocenters. The van der Waals surface area contributed by atoms with Gasteiger partial charge >= 0.3 is 29.6 Å². The maximum absolute atomic E-state index is 17.3. The van der Waals surface area contributed by atoms with Crippen molar-refractivity contribution in [3.05, 3.63) is 23.8 Å². The number of carboxylic acid groups (broad SMARTS) is 1. The van der Waals surface area contributed by atoms with Crippen LogP contribution in [0, 0.1) is 28.6 Å². The summed E-state index contributed by atoms with van der Waals surface area (Å²) in [6, 6.07) is 0. The number of carbonyl (C=O) groups excluding carboxylic acids is 3. The Bertz CT molecular complexity index is 1180. The predicted octanol–water partition coefficient (Wildman–Crippen LogP) is -4.52. The molecular weight excluding hydrogens is 554 g/mol. The molecule has 0 aromatic heterocycles. The SMILES string of the molecule is C[C@@H]1C[C@H]2[C@@H]3CCC4=CC(=O)C=CC4(C)[C@@]3(F)[C@@H](O)C[C@]2(C)[C@@]1(O)C(=O)CO[C@@H]1O[C@H](C(=O)[O-])[C@@H](O)[C@H](O)[C@H]1O.[Na+]. The Morgan fingerprint density at radius 1 is 1.15 bits per heavy atom. The maximum atomic E-state index is 17.3.